The number of ether oxygens (including phenoxy) is 2. The molecule has 184 valence electrons. The molecule has 2 aromatic carbocycles. The van der Waals surface area contributed by atoms with E-state index in [1.165, 1.54) is 11.1 Å². The molecule has 0 aliphatic heterocycles. The van der Waals surface area contributed by atoms with E-state index in [9.17, 15) is 9.59 Å². The van der Waals surface area contributed by atoms with Gasteiger partial charge in [0.1, 0.15) is 11.6 Å². The number of benzene rings is 2. The second-order valence-corrected chi connectivity index (χ2v) is 10.9. The highest BCUT2D eigenvalue weighted by atomic mass is 127. The van der Waals surface area contributed by atoms with Gasteiger partial charge >= 0.3 is 5.97 Å². The van der Waals surface area contributed by atoms with E-state index >= 15 is 0 Å². The van der Waals surface area contributed by atoms with Gasteiger partial charge in [-0.05, 0) is 91.2 Å². The van der Waals surface area contributed by atoms with Crippen molar-refractivity contribution in [3.05, 3.63) is 66.2 Å². The van der Waals surface area contributed by atoms with E-state index in [1.54, 1.807) is 32.2 Å². The molecule has 0 amide bonds. The number of fused-ring (bicyclic) bond motifs is 1. The first kappa shape index (κ1) is 25.8. The SMILES string of the molecule is CC(C)OC(=O)COc1ccc(C=Nn2c(C3CCCCC3)nc3ccc(Br)cc3c2=O)cc1I. The Morgan fingerprint density at radius 1 is 1.23 bits per heavy atom. The van der Waals surface area contributed by atoms with Gasteiger partial charge in [-0.1, -0.05) is 35.2 Å². The van der Waals surface area contributed by atoms with Crippen LogP contribution in [0.1, 0.15) is 63.3 Å². The van der Waals surface area contributed by atoms with Crippen LogP contribution in [0.2, 0.25) is 0 Å². The zero-order valence-electron chi connectivity index (χ0n) is 19.7. The Morgan fingerprint density at radius 3 is 2.71 bits per heavy atom. The summed E-state index contributed by atoms with van der Waals surface area (Å²) in [6, 6.07) is 11.1. The molecule has 1 fully saturated rings. The molecular formula is C26H27BrIN3O4. The van der Waals surface area contributed by atoms with Gasteiger partial charge in [0.2, 0.25) is 0 Å². The van der Waals surface area contributed by atoms with Crippen LogP contribution in [0, 0.1) is 3.57 Å². The van der Waals surface area contributed by atoms with E-state index in [1.807, 2.05) is 24.3 Å². The number of rotatable bonds is 7. The summed E-state index contributed by atoms with van der Waals surface area (Å²) in [5.41, 5.74) is 1.33. The van der Waals surface area contributed by atoms with Crippen molar-refractivity contribution in [2.24, 2.45) is 5.10 Å². The van der Waals surface area contributed by atoms with Gasteiger partial charge in [0, 0.05) is 10.4 Å². The number of carbonyl (C=O) groups is 1. The molecule has 0 spiro atoms. The zero-order valence-corrected chi connectivity index (χ0v) is 23.4. The van der Waals surface area contributed by atoms with E-state index < -0.39 is 5.97 Å². The minimum Gasteiger partial charge on any atom is -0.481 e. The molecule has 1 aromatic heterocycles. The van der Waals surface area contributed by atoms with Crippen LogP contribution in [0.3, 0.4) is 0 Å². The lowest BCUT2D eigenvalue weighted by Gasteiger charge is -2.22. The van der Waals surface area contributed by atoms with Crippen molar-refractivity contribution in [3.8, 4) is 5.75 Å². The highest BCUT2D eigenvalue weighted by Gasteiger charge is 2.22. The van der Waals surface area contributed by atoms with E-state index in [4.69, 9.17) is 14.5 Å². The molecule has 0 unspecified atom stereocenters. The number of carbonyl (C=O) groups excluding carboxylic acids is 1. The zero-order chi connectivity index (χ0) is 24.9. The van der Waals surface area contributed by atoms with Crippen LogP contribution in [-0.2, 0) is 9.53 Å². The maximum atomic E-state index is 13.4. The standard InChI is InChI=1S/C26H27BrIN3O4/c1-16(2)35-24(32)15-34-23-11-8-17(12-21(23)28)14-29-31-25(18-6-4-3-5-7-18)30-22-10-9-19(27)13-20(22)26(31)33/h8-14,16,18H,3-7,15H2,1-2H3. The van der Waals surface area contributed by atoms with Crippen molar-refractivity contribution in [3.63, 3.8) is 0 Å². The predicted octanol–water partition coefficient (Wildman–Crippen LogP) is 6.02. The molecule has 0 bridgehead atoms. The van der Waals surface area contributed by atoms with Crippen LogP contribution >= 0.6 is 38.5 Å². The Hall–Kier alpha value is -2.27. The molecule has 0 N–H and O–H groups in total. The number of halogens is 2. The minimum atomic E-state index is -0.411. The van der Waals surface area contributed by atoms with Crippen molar-refractivity contribution in [2.75, 3.05) is 6.61 Å². The van der Waals surface area contributed by atoms with E-state index in [0.717, 1.165) is 45.1 Å². The first-order chi connectivity index (χ1) is 16.8. The lowest BCUT2D eigenvalue weighted by Crippen LogP contribution is -2.25. The van der Waals surface area contributed by atoms with Crippen LogP contribution in [0.25, 0.3) is 10.9 Å². The molecule has 35 heavy (non-hydrogen) atoms. The monoisotopic (exact) mass is 651 g/mol. The molecule has 0 saturated heterocycles. The molecule has 0 radical (unpaired) electrons. The van der Waals surface area contributed by atoms with Crippen molar-refractivity contribution >= 4 is 61.6 Å². The number of aromatic nitrogens is 2. The predicted molar refractivity (Wildman–Crippen MR) is 148 cm³/mol. The van der Waals surface area contributed by atoms with Crippen LogP contribution in [-0.4, -0.2) is 34.6 Å². The van der Waals surface area contributed by atoms with Gasteiger partial charge in [0.05, 0.1) is 26.8 Å². The second-order valence-electron chi connectivity index (χ2n) is 8.85. The summed E-state index contributed by atoms with van der Waals surface area (Å²) >= 11 is 5.61. The van der Waals surface area contributed by atoms with Crippen molar-refractivity contribution in [1.29, 1.82) is 0 Å². The molecule has 1 aliphatic carbocycles. The summed E-state index contributed by atoms with van der Waals surface area (Å²) in [7, 11) is 0. The van der Waals surface area contributed by atoms with Gasteiger partial charge < -0.3 is 9.47 Å². The lowest BCUT2D eigenvalue weighted by molar-refractivity contribution is -0.149. The van der Waals surface area contributed by atoms with Crippen molar-refractivity contribution in [2.45, 2.75) is 58.0 Å². The Bertz CT molecular complexity index is 1320. The fourth-order valence-electron chi connectivity index (χ4n) is 4.18. The summed E-state index contributed by atoms with van der Waals surface area (Å²) in [5.74, 6) is 1.11. The molecule has 7 nitrogen and oxygen atoms in total. The van der Waals surface area contributed by atoms with Gasteiger partial charge in [0.15, 0.2) is 6.61 Å². The van der Waals surface area contributed by atoms with E-state index in [-0.39, 0.29) is 24.2 Å². The van der Waals surface area contributed by atoms with Crippen LogP contribution < -0.4 is 10.3 Å². The average molecular weight is 652 g/mol. The quantitative estimate of drug-likeness (QED) is 0.177. The lowest BCUT2D eigenvalue weighted by atomic mass is 9.88. The van der Waals surface area contributed by atoms with Gasteiger partial charge in [-0.15, -0.1) is 0 Å². The molecule has 0 atom stereocenters. The summed E-state index contributed by atoms with van der Waals surface area (Å²) in [4.78, 5) is 30.1. The molecular weight excluding hydrogens is 625 g/mol. The van der Waals surface area contributed by atoms with Crippen LogP contribution in [0.5, 0.6) is 5.75 Å². The second kappa shape index (κ2) is 11.6. The third kappa shape index (κ3) is 6.49. The van der Waals surface area contributed by atoms with Gasteiger partial charge in [-0.3, -0.25) is 4.79 Å². The first-order valence-corrected chi connectivity index (χ1v) is 13.6. The Labute approximate surface area is 226 Å². The third-order valence-electron chi connectivity index (χ3n) is 5.79. The van der Waals surface area contributed by atoms with E-state index in [0.29, 0.717) is 16.7 Å². The number of hydrogen-bond acceptors (Lipinski definition) is 6. The summed E-state index contributed by atoms with van der Waals surface area (Å²) in [6.45, 7) is 3.44. The van der Waals surface area contributed by atoms with E-state index in [2.05, 4.69) is 43.6 Å². The summed E-state index contributed by atoms with van der Waals surface area (Å²) in [6.07, 6.45) is 6.97. The minimum absolute atomic E-state index is 0.153. The van der Waals surface area contributed by atoms with Gasteiger partial charge in [-0.2, -0.15) is 9.78 Å². The largest absolute Gasteiger partial charge is 0.481 e. The fraction of sp³-hybridized carbons (Fsp3) is 0.385. The molecule has 1 aliphatic rings. The van der Waals surface area contributed by atoms with Crippen molar-refractivity contribution < 1.29 is 14.3 Å². The Kier molecular flexibility index (Phi) is 8.59. The summed E-state index contributed by atoms with van der Waals surface area (Å²) < 4.78 is 13.8. The third-order valence-corrected chi connectivity index (χ3v) is 7.13. The van der Waals surface area contributed by atoms with Crippen LogP contribution in [0.15, 0.2) is 50.8 Å². The Morgan fingerprint density at radius 2 is 2.00 bits per heavy atom. The summed E-state index contributed by atoms with van der Waals surface area (Å²) in [5, 5.41) is 5.12. The maximum absolute atomic E-state index is 13.4. The average Bonchev–Trinajstić information content (AvgIpc) is 2.83. The highest BCUT2D eigenvalue weighted by molar-refractivity contribution is 14.1. The fourth-order valence-corrected chi connectivity index (χ4v) is 5.23. The first-order valence-electron chi connectivity index (χ1n) is 11.7. The molecule has 3 aromatic rings. The normalized spacial score (nSPS) is 14.7. The number of hydrogen-bond donors (Lipinski definition) is 0. The number of nitrogens with zero attached hydrogens (tertiary/aromatic N) is 3. The van der Waals surface area contributed by atoms with Gasteiger partial charge in [0.25, 0.3) is 5.56 Å². The van der Waals surface area contributed by atoms with Crippen LogP contribution in [0.4, 0.5) is 0 Å². The highest BCUT2D eigenvalue weighted by Crippen LogP contribution is 2.32. The topological polar surface area (TPSA) is 82.8 Å². The maximum Gasteiger partial charge on any atom is 0.344 e. The molecule has 1 saturated carbocycles. The van der Waals surface area contributed by atoms with Crippen molar-refractivity contribution in [1.82, 2.24) is 9.66 Å². The number of esters is 1. The Balaban J connectivity index is 1.63. The molecule has 9 heteroatoms. The molecule has 1 heterocycles. The molecule has 4 rings (SSSR count). The smallest absolute Gasteiger partial charge is 0.344 e. The van der Waals surface area contributed by atoms with Gasteiger partial charge in [-0.25, -0.2) is 9.78 Å².